The van der Waals surface area contributed by atoms with Gasteiger partial charge in [-0.1, -0.05) is 129 Å². The van der Waals surface area contributed by atoms with Gasteiger partial charge in [0, 0.05) is 65.6 Å². The number of ether oxygens (including phenoxy) is 2. The van der Waals surface area contributed by atoms with Crippen molar-refractivity contribution in [3.8, 4) is 0 Å². The van der Waals surface area contributed by atoms with Gasteiger partial charge in [0.15, 0.2) is 0 Å². The van der Waals surface area contributed by atoms with Crippen LogP contribution in [0.15, 0.2) is 121 Å². The fourth-order valence-electron chi connectivity index (χ4n) is 6.80. The Morgan fingerprint density at radius 2 is 0.766 bits per heavy atom. The van der Waals surface area contributed by atoms with Crippen LogP contribution in [0.4, 0.5) is 0 Å². The Hall–Kier alpha value is -3.36. The lowest BCUT2D eigenvalue weighted by Crippen LogP contribution is -2.53. The number of hydrogen-bond donors (Lipinski definition) is 2. The molecule has 4 aromatic rings. The van der Waals surface area contributed by atoms with Gasteiger partial charge in [-0.25, -0.2) is 0 Å². The zero-order valence-electron chi connectivity index (χ0n) is 27.6. The molecule has 4 atom stereocenters. The molecule has 2 saturated heterocycles. The monoisotopic (exact) mass is 636 g/mol. The number of methoxy groups -OCH3 is 2. The summed E-state index contributed by atoms with van der Waals surface area (Å²) in [5, 5.41) is 6.89. The molecule has 0 amide bonds. The smallest absolute Gasteiger partial charge is 0.0851 e. The van der Waals surface area contributed by atoms with Crippen molar-refractivity contribution in [1.82, 2.24) is 20.4 Å². The minimum Gasteiger partial charge on any atom is -0.378 e. The van der Waals surface area contributed by atoms with Gasteiger partial charge in [-0.3, -0.25) is 9.80 Å². The van der Waals surface area contributed by atoms with Crippen LogP contribution < -0.4 is 10.6 Å². The van der Waals surface area contributed by atoms with Crippen molar-refractivity contribution in [2.45, 2.75) is 70.7 Å². The van der Waals surface area contributed by atoms with E-state index < -0.39 is 0 Å². The van der Waals surface area contributed by atoms with Crippen molar-refractivity contribution in [2.75, 3.05) is 40.4 Å². The maximum atomic E-state index is 5.76. The molecule has 252 valence electrons. The highest BCUT2D eigenvalue weighted by Crippen LogP contribution is 2.22. The van der Waals surface area contributed by atoms with Gasteiger partial charge in [-0.15, -0.1) is 0 Å². The first-order chi connectivity index (χ1) is 22.7. The van der Waals surface area contributed by atoms with Crippen molar-refractivity contribution < 1.29 is 9.47 Å². The van der Waals surface area contributed by atoms with Crippen LogP contribution in [0.5, 0.6) is 0 Å². The quantitative estimate of drug-likeness (QED) is 0.179. The Labute approximate surface area is 284 Å². The molecular weight excluding hydrogens is 580 g/mol. The molecule has 0 saturated carbocycles. The lowest BCUT2D eigenvalue weighted by atomic mass is 9.99. The molecule has 4 aromatic carbocycles. The average Bonchev–Trinajstić information content (AvgIpc) is 3.13. The second-order valence-corrected chi connectivity index (χ2v) is 12.4. The van der Waals surface area contributed by atoms with Crippen LogP contribution >= 0.6 is 0 Å². The van der Waals surface area contributed by atoms with E-state index in [-0.39, 0.29) is 19.6 Å². The van der Waals surface area contributed by atoms with Gasteiger partial charge in [0.25, 0.3) is 0 Å². The first-order valence-electron chi connectivity index (χ1n) is 16.8. The topological polar surface area (TPSA) is 49.0 Å². The van der Waals surface area contributed by atoms with E-state index >= 15 is 0 Å². The van der Waals surface area contributed by atoms with Crippen LogP contribution in [-0.2, 0) is 35.7 Å². The van der Waals surface area contributed by atoms with Gasteiger partial charge in [0.05, 0.1) is 12.2 Å². The molecule has 6 rings (SSSR count). The van der Waals surface area contributed by atoms with E-state index in [2.05, 4.69) is 142 Å². The molecule has 2 heterocycles. The molecule has 0 spiro atoms. The van der Waals surface area contributed by atoms with Gasteiger partial charge < -0.3 is 20.1 Å². The third-order valence-electron chi connectivity index (χ3n) is 9.24. The van der Waals surface area contributed by atoms with Crippen molar-refractivity contribution >= 4 is 0 Å². The zero-order chi connectivity index (χ0) is 31.8. The summed E-state index contributed by atoms with van der Waals surface area (Å²) in [7, 11) is 3.65. The van der Waals surface area contributed by atoms with Crippen LogP contribution in [0.1, 0.15) is 42.5 Å². The fraction of sp³-hybridized carbons (Fsp3) is 0.415. The molecule has 0 bridgehead atoms. The molecule has 2 unspecified atom stereocenters. The molecule has 0 aliphatic carbocycles. The second-order valence-electron chi connectivity index (χ2n) is 12.4. The molecule has 2 fully saturated rings. The van der Waals surface area contributed by atoms with Crippen LogP contribution in [0.2, 0.25) is 0 Å². The van der Waals surface area contributed by atoms with E-state index in [4.69, 9.17) is 9.47 Å². The van der Waals surface area contributed by atoms with E-state index in [1.165, 1.54) is 22.3 Å². The number of nitrogens with one attached hydrogen (secondary N) is 2. The maximum Gasteiger partial charge on any atom is 0.0851 e. The molecule has 6 heteroatoms. The summed E-state index contributed by atoms with van der Waals surface area (Å²) in [6.45, 7) is 7.82. The Kier molecular flexibility index (Phi) is 15.6. The first kappa shape index (κ1) is 36.5. The number of nitrogens with zero attached hydrogens (tertiary/aromatic N) is 2. The number of piperidine rings is 2. The maximum absolute atomic E-state index is 5.76. The summed E-state index contributed by atoms with van der Waals surface area (Å²) in [4.78, 5) is 5.14. The number of benzene rings is 4. The predicted molar refractivity (Wildman–Crippen MR) is 195 cm³/mol. The van der Waals surface area contributed by atoms with Crippen LogP contribution in [0.25, 0.3) is 0 Å². The number of hydrogen-bond acceptors (Lipinski definition) is 6. The molecule has 47 heavy (non-hydrogen) atoms. The van der Waals surface area contributed by atoms with E-state index in [0.29, 0.717) is 12.1 Å². The highest BCUT2D eigenvalue weighted by Gasteiger charge is 2.31. The highest BCUT2D eigenvalue weighted by molar-refractivity contribution is 5.19. The molecule has 2 N–H and O–H groups in total. The molecule has 0 radical (unpaired) electrons. The summed E-state index contributed by atoms with van der Waals surface area (Å²) in [6, 6.07) is 43.8. The highest BCUT2D eigenvalue weighted by atomic mass is 16.5. The van der Waals surface area contributed by atoms with E-state index in [1.54, 1.807) is 0 Å². The van der Waals surface area contributed by atoms with Crippen molar-refractivity contribution in [3.63, 3.8) is 0 Å². The molecule has 2 aliphatic heterocycles. The Balaban J connectivity index is 0.000000208. The lowest BCUT2D eigenvalue weighted by molar-refractivity contribution is -0.00923. The molecule has 0 aromatic heterocycles. The summed E-state index contributed by atoms with van der Waals surface area (Å²) < 4.78 is 11.5. The second kappa shape index (κ2) is 20.1. The van der Waals surface area contributed by atoms with Crippen LogP contribution in [-0.4, -0.2) is 74.5 Å². The van der Waals surface area contributed by atoms with Crippen molar-refractivity contribution in [1.29, 1.82) is 0 Å². The number of rotatable bonds is 12. The standard InChI is InChI=1S/2C20H26N2O.CH4/c2*1-23-20-14-21-13-12-19(20)22(15-17-8-4-2-5-9-17)16-18-10-6-3-7-11-18;/h2*2-11,19-21H,12-16H2,1H3;1H4/t19-,20+;;/m1../s1. The SMILES string of the molecule is C.COC1CNCCC1N(Cc1ccccc1)Cc1ccccc1.CO[C@H]1CNCC[C@H]1N(Cc1ccccc1)Cc1ccccc1. The third kappa shape index (κ3) is 11.4. The zero-order valence-corrected chi connectivity index (χ0v) is 27.6. The lowest BCUT2D eigenvalue weighted by Gasteiger charge is -2.39. The summed E-state index contributed by atoms with van der Waals surface area (Å²) >= 11 is 0. The van der Waals surface area contributed by atoms with Crippen molar-refractivity contribution in [2.24, 2.45) is 0 Å². The molecular formula is C41H56N4O2. The third-order valence-corrected chi connectivity index (χ3v) is 9.24. The molecule has 6 nitrogen and oxygen atoms in total. The molecule has 2 aliphatic rings. The van der Waals surface area contributed by atoms with E-state index in [0.717, 1.165) is 65.2 Å². The first-order valence-corrected chi connectivity index (χ1v) is 16.8. The van der Waals surface area contributed by atoms with Crippen LogP contribution in [0.3, 0.4) is 0 Å². The van der Waals surface area contributed by atoms with Gasteiger partial charge in [0.1, 0.15) is 0 Å². The van der Waals surface area contributed by atoms with E-state index in [9.17, 15) is 0 Å². The Morgan fingerprint density at radius 1 is 0.489 bits per heavy atom. The largest absolute Gasteiger partial charge is 0.378 e. The average molecular weight is 637 g/mol. The minimum atomic E-state index is 0. The summed E-state index contributed by atoms with van der Waals surface area (Å²) in [5.41, 5.74) is 5.43. The normalized spacial score (nSPS) is 21.0. The van der Waals surface area contributed by atoms with Gasteiger partial charge >= 0.3 is 0 Å². The van der Waals surface area contributed by atoms with E-state index in [1.807, 2.05) is 14.2 Å². The van der Waals surface area contributed by atoms with Crippen LogP contribution in [0, 0.1) is 0 Å². The van der Waals surface area contributed by atoms with Gasteiger partial charge in [-0.05, 0) is 48.2 Å². The summed E-state index contributed by atoms with van der Waals surface area (Å²) in [5.74, 6) is 0. The van der Waals surface area contributed by atoms with Crippen molar-refractivity contribution in [3.05, 3.63) is 144 Å². The minimum absolute atomic E-state index is 0. The predicted octanol–water partition coefficient (Wildman–Crippen LogP) is 6.77. The summed E-state index contributed by atoms with van der Waals surface area (Å²) in [6.07, 6.45) is 2.74. The fourth-order valence-corrected chi connectivity index (χ4v) is 6.80. The Morgan fingerprint density at radius 3 is 1.02 bits per heavy atom. The van der Waals surface area contributed by atoms with Gasteiger partial charge in [0.2, 0.25) is 0 Å². The Bertz CT molecular complexity index is 1170. The van der Waals surface area contributed by atoms with Gasteiger partial charge in [-0.2, -0.15) is 0 Å².